The van der Waals surface area contributed by atoms with Gasteiger partial charge >= 0.3 is 16.2 Å². The summed E-state index contributed by atoms with van der Waals surface area (Å²) in [7, 11) is -8.04. The molecule has 27 heteroatoms. The van der Waals surface area contributed by atoms with Gasteiger partial charge in [0.25, 0.3) is 0 Å². The van der Waals surface area contributed by atoms with Crippen molar-refractivity contribution in [2.24, 2.45) is 11.8 Å². The van der Waals surface area contributed by atoms with E-state index in [1.54, 1.807) is 33.8 Å². The quantitative estimate of drug-likeness (QED) is 0.0240. The molecule has 6 unspecified atom stereocenters. The summed E-state index contributed by atoms with van der Waals surface area (Å²) in [6.45, 7) is 10.6. The van der Waals surface area contributed by atoms with Crippen LogP contribution in [-0.2, 0) is 62.7 Å². The predicted molar refractivity (Wildman–Crippen MR) is 325 cm³/mol. The Labute approximate surface area is 514 Å². The minimum Gasteiger partial charge on any atom is -0.449 e. The van der Waals surface area contributed by atoms with Crippen LogP contribution in [0, 0.1) is 11.8 Å². The molecule has 0 saturated carbocycles. The Morgan fingerprint density at radius 1 is 0.629 bits per heavy atom. The van der Waals surface area contributed by atoms with Crippen molar-refractivity contribution in [3.8, 4) is 11.1 Å². The Bertz CT molecular complexity index is 3830. The number of sulfone groups is 1. The number of fused-ring (bicyclic) bond motifs is 5. The zero-order valence-electron chi connectivity index (χ0n) is 50.1. The summed E-state index contributed by atoms with van der Waals surface area (Å²) in [6.07, 6.45) is -0.179. The molecule has 0 radical (unpaired) electrons. The average molecular weight is 1260 g/mol. The molecule has 1 saturated heterocycles. The van der Waals surface area contributed by atoms with E-state index in [2.05, 4.69) is 46.4 Å². The van der Waals surface area contributed by atoms with Gasteiger partial charge in [0.1, 0.15) is 47.8 Å². The van der Waals surface area contributed by atoms with Gasteiger partial charge in [0.2, 0.25) is 35.4 Å². The third kappa shape index (κ3) is 14.4. The molecule has 5 aromatic carbocycles. The predicted octanol–water partition coefficient (Wildman–Crippen LogP) is 4.15. The summed E-state index contributed by atoms with van der Waals surface area (Å²) in [6, 6.07) is 20.9. The van der Waals surface area contributed by atoms with E-state index in [9.17, 15) is 60.0 Å². The molecule has 9 N–H and O–H groups in total. The maximum Gasteiger partial charge on any atom is 0.407 e. The van der Waals surface area contributed by atoms with Crippen LogP contribution in [0.3, 0.4) is 0 Å². The average Bonchev–Trinajstić information content (AvgIpc) is 1.46. The molecule has 89 heavy (non-hydrogen) atoms. The van der Waals surface area contributed by atoms with Crippen molar-refractivity contribution in [1.82, 2.24) is 36.8 Å². The Balaban J connectivity index is 0.822. The highest BCUT2D eigenvalue weighted by atomic mass is 32.2. The molecule has 6 atom stereocenters. The molecule has 1 fully saturated rings. The first-order chi connectivity index (χ1) is 42.1. The van der Waals surface area contributed by atoms with Crippen LogP contribution in [0.1, 0.15) is 110 Å². The maximum absolute atomic E-state index is 14.0. The first-order valence-corrected chi connectivity index (χ1v) is 31.8. The molecule has 7 amide bonds. The summed E-state index contributed by atoms with van der Waals surface area (Å²) < 4.78 is 63.9. The van der Waals surface area contributed by atoms with Gasteiger partial charge in [-0.25, -0.2) is 18.1 Å². The fourth-order valence-electron chi connectivity index (χ4n) is 11.0. The van der Waals surface area contributed by atoms with Crippen molar-refractivity contribution in [1.29, 1.82) is 0 Å². The number of nitrogens with one attached hydrogen (secondary N) is 7. The molecular weight excluding hydrogens is 1190 g/mol. The third-order valence-electron chi connectivity index (χ3n) is 15.7. The molecule has 25 nitrogen and oxygen atoms in total. The zero-order valence-corrected chi connectivity index (χ0v) is 51.8. The number of anilines is 3. The first kappa shape index (κ1) is 65.9. The fourth-order valence-corrected chi connectivity index (χ4v) is 13.1. The highest BCUT2D eigenvalue weighted by Gasteiger charge is 2.41. The Hall–Kier alpha value is -9.05. The second-order valence-electron chi connectivity index (χ2n) is 22.5. The molecule has 1 aliphatic heterocycles. The monoisotopic (exact) mass is 1260 g/mol. The van der Waals surface area contributed by atoms with Crippen molar-refractivity contribution < 1.29 is 73.9 Å². The standard InChI is InChI=1S/C62H71N9O16S2/c1-32(2)52(59(77)64-26-28-88(81,82)38-18-15-17-37(29-38)68-46-30-48(89(83,84)87-85-8)51(63)50-49(46)54(72)43-23-13-14-24-44(43)55(50)73)70-60(78)53(33(3)4)69-58(76)47-25-16-27-71(47)61(79)36(7)66-56(74)34(5)65-57(75)35(6)67-62(80)86-31-45-41-21-11-9-19-39(41)40-20-10-12-22-42(40)45/h9-15,17-24,29-30,32-36,45,47,52-53,68H,16,25-28,31,63H2,1-8H3,(H,64,77)(H,65,75)(H,66,74)(H,67,80)(H,69,76)(H,70,78). The van der Waals surface area contributed by atoms with Gasteiger partial charge in [-0.1, -0.05) is 107 Å². The normalized spacial score (nSPS) is 16.1. The SMILES string of the molecule is COOS(=O)(=O)c1cc(Nc2cccc(S(=O)(=O)CCNC(=O)C(NC(=O)C(NC(=O)C3CCCN3C(=O)C(C)NC(=O)C(C)NC(=O)C(C)NC(=O)OCC3c4ccccc4-c4ccccc43)C(C)C)C(C)C)c2)c2c(c1N)C(=O)c1ccccc1C2=O. The number of nitrogens with two attached hydrogens (primary N) is 1. The van der Waals surface area contributed by atoms with Crippen molar-refractivity contribution >= 4 is 90.1 Å². The second kappa shape index (κ2) is 27.6. The topological polar surface area (TPSA) is 363 Å². The number of carbonyl (C=O) groups is 9. The van der Waals surface area contributed by atoms with Gasteiger partial charge in [-0.05, 0) is 92.0 Å². The van der Waals surface area contributed by atoms with Crippen molar-refractivity contribution in [2.75, 3.05) is 43.6 Å². The van der Waals surface area contributed by atoms with E-state index >= 15 is 0 Å². The van der Waals surface area contributed by atoms with Crippen LogP contribution in [0.4, 0.5) is 21.9 Å². The number of alkyl carbamates (subject to hydrolysis) is 1. The van der Waals surface area contributed by atoms with E-state index in [1.807, 2.05) is 48.5 Å². The van der Waals surface area contributed by atoms with E-state index in [1.165, 1.54) is 68.1 Å². The molecule has 8 rings (SSSR count). The van der Waals surface area contributed by atoms with Gasteiger partial charge in [0.05, 0.1) is 40.3 Å². The Morgan fingerprint density at radius 2 is 1.18 bits per heavy atom. The lowest BCUT2D eigenvalue weighted by atomic mass is 9.82. The van der Waals surface area contributed by atoms with E-state index in [0.717, 1.165) is 35.4 Å². The highest BCUT2D eigenvalue weighted by molar-refractivity contribution is 7.91. The summed E-state index contributed by atoms with van der Waals surface area (Å²) >= 11 is 0. The van der Waals surface area contributed by atoms with Gasteiger partial charge in [0.15, 0.2) is 21.4 Å². The van der Waals surface area contributed by atoms with E-state index in [4.69, 9.17) is 10.5 Å². The lowest BCUT2D eigenvalue weighted by molar-refractivity contribution is -0.172. The lowest BCUT2D eigenvalue weighted by Crippen LogP contribution is -2.60. The second-order valence-corrected chi connectivity index (χ2v) is 26.1. The van der Waals surface area contributed by atoms with E-state index in [-0.39, 0.29) is 58.5 Å². The summed E-state index contributed by atoms with van der Waals surface area (Å²) in [4.78, 5) is 127. The number of nitrogen functional groups attached to an aromatic ring is 1. The number of hydrogen-bond donors (Lipinski definition) is 8. The van der Waals surface area contributed by atoms with Crippen LogP contribution in [0.5, 0.6) is 0 Å². The van der Waals surface area contributed by atoms with E-state index in [0.29, 0.717) is 6.42 Å². The van der Waals surface area contributed by atoms with Crippen molar-refractivity contribution in [3.05, 3.63) is 137 Å². The van der Waals surface area contributed by atoms with Crippen molar-refractivity contribution in [2.45, 2.75) is 113 Å². The summed E-state index contributed by atoms with van der Waals surface area (Å²) in [5.74, 6) is -7.47. The molecule has 5 aromatic rings. The minimum atomic E-state index is -4.78. The van der Waals surface area contributed by atoms with Crippen LogP contribution >= 0.6 is 0 Å². The first-order valence-electron chi connectivity index (χ1n) is 28.8. The van der Waals surface area contributed by atoms with Crippen LogP contribution in [0.25, 0.3) is 11.1 Å². The maximum atomic E-state index is 14.0. The lowest BCUT2D eigenvalue weighted by Gasteiger charge is -2.31. The molecule has 0 bridgehead atoms. The third-order valence-corrected chi connectivity index (χ3v) is 18.6. The van der Waals surface area contributed by atoms with Gasteiger partial charge in [0, 0.05) is 35.8 Å². The molecule has 0 aromatic heterocycles. The molecule has 0 spiro atoms. The number of amides is 7. The molecular formula is C62H71N9O16S2. The number of ether oxygens (including phenoxy) is 1. The van der Waals surface area contributed by atoms with Crippen molar-refractivity contribution in [3.63, 3.8) is 0 Å². The Morgan fingerprint density at radius 3 is 1.78 bits per heavy atom. The van der Waals surface area contributed by atoms with Crippen LogP contribution < -0.4 is 43.0 Å². The highest BCUT2D eigenvalue weighted by Crippen LogP contribution is 2.45. The van der Waals surface area contributed by atoms with Gasteiger partial charge < -0.3 is 52.6 Å². The van der Waals surface area contributed by atoms with Gasteiger partial charge in [-0.15, -0.1) is 4.33 Å². The summed E-state index contributed by atoms with van der Waals surface area (Å²) in [5.41, 5.74) is 8.94. The Kier molecular flexibility index (Phi) is 20.4. The summed E-state index contributed by atoms with van der Waals surface area (Å²) in [5, 5.41) is 18.5. The molecule has 472 valence electrons. The molecule has 2 aliphatic carbocycles. The minimum absolute atomic E-state index is 0.0209. The smallest absolute Gasteiger partial charge is 0.407 e. The number of carbonyl (C=O) groups excluding carboxylic acids is 9. The fraction of sp³-hybridized carbons (Fsp3) is 0.371. The molecule has 3 aliphatic rings. The number of hydrogen-bond acceptors (Lipinski definition) is 18. The van der Waals surface area contributed by atoms with E-state index < -0.39 is 150 Å². The number of benzene rings is 5. The number of nitrogens with zero attached hydrogens (tertiary/aromatic N) is 1. The van der Waals surface area contributed by atoms with Gasteiger partial charge in [-0.2, -0.15) is 8.42 Å². The zero-order chi connectivity index (χ0) is 64.8. The van der Waals surface area contributed by atoms with Crippen LogP contribution in [-0.4, -0.2) is 144 Å². The number of ketones is 2. The van der Waals surface area contributed by atoms with Crippen LogP contribution in [0.2, 0.25) is 0 Å². The van der Waals surface area contributed by atoms with Crippen LogP contribution in [0.15, 0.2) is 113 Å². The number of likely N-dealkylation sites (tertiary alicyclic amines) is 1. The molecule has 1 heterocycles. The number of rotatable bonds is 24. The van der Waals surface area contributed by atoms with Gasteiger partial charge in [-0.3, -0.25) is 38.4 Å². The largest absolute Gasteiger partial charge is 0.449 e.